The highest BCUT2D eigenvalue weighted by atomic mass is 16.5. The Morgan fingerprint density at radius 2 is 2.11 bits per heavy atom. The van der Waals surface area contributed by atoms with E-state index in [2.05, 4.69) is 46.4 Å². The van der Waals surface area contributed by atoms with Crippen molar-refractivity contribution in [3.63, 3.8) is 0 Å². The molecule has 0 saturated carbocycles. The van der Waals surface area contributed by atoms with Crippen molar-refractivity contribution < 1.29 is 4.74 Å². The first-order valence-corrected chi connectivity index (χ1v) is 7.21. The Labute approximate surface area is 115 Å². The van der Waals surface area contributed by atoms with E-state index in [1.54, 1.807) is 0 Å². The van der Waals surface area contributed by atoms with Crippen molar-refractivity contribution in [1.29, 1.82) is 0 Å². The van der Waals surface area contributed by atoms with E-state index in [4.69, 9.17) is 4.74 Å². The van der Waals surface area contributed by atoms with Gasteiger partial charge in [-0.2, -0.15) is 0 Å². The summed E-state index contributed by atoms with van der Waals surface area (Å²) in [6.07, 6.45) is 1.15. The van der Waals surface area contributed by atoms with Crippen LogP contribution in [0, 0.1) is 0 Å². The molecule has 0 radical (unpaired) electrons. The predicted molar refractivity (Wildman–Crippen MR) is 79.2 cm³/mol. The van der Waals surface area contributed by atoms with Crippen LogP contribution in [0.4, 0.5) is 11.4 Å². The van der Waals surface area contributed by atoms with E-state index in [1.165, 1.54) is 11.4 Å². The smallest absolute Gasteiger partial charge is 0.0620 e. The average Bonchev–Trinajstić information content (AvgIpc) is 2.48. The maximum atomic E-state index is 5.52. The number of hydrogen-bond donors (Lipinski definition) is 1. The lowest BCUT2D eigenvalue weighted by molar-refractivity contribution is 0.0748. The molecule has 0 spiro atoms. The number of morpholine rings is 1. The van der Waals surface area contributed by atoms with E-state index in [-0.39, 0.29) is 0 Å². The molecule has 4 nitrogen and oxygen atoms in total. The number of fused-ring (bicyclic) bond motifs is 1. The third-order valence-corrected chi connectivity index (χ3v) is 4.08. The van der Waals surface area contributed by atoms with Crippen molar-refractivity contribution in [1.82, 2.24) is 5.32 Å². The Bertz CT molecular complexity index is 418. The normalized spacial score (nSPS) is 23.3. The second-order valence-electron chi connectivity index (χ2n) is 5.41. The van der Waals surface area contributed by atoms with Crippen LogP contribution >= 0.6 is 0 Å². The summed E-state index contributed by atoms with van der Waals surface area (Å²) in [6, 6.07) is 9.21. The summed E-state index contributed by atoms with van der Waals surface area (Å²) in [6.45, 7) is 6.02. The van der Waals surface area contributed by atoms with Gasteiger partial charge in [0, 0.05) is 39.3 Å². The molecule has 1 saturated heterocycles. The fraction of sp³-hybridized carbons (Fsp3) is 0.600. The summed E-state index contributed by atoms with van der Waals surface area (Å²) in [5.41, 5.74) is 2.72. The number of rotatable bonds is 3. The number of nitrogens with zero attached hydrogens (tertiary/aromatic N) is 2. The summed E-state index contributed by atoms with van der Waals surface area (Å²) in [5.74, 6) is 0. The molecule has 0 amide bonds. The van der Waals surface area contributed by atoms with Crippen LogP contribution in [0.3, 0.4) is 0 Å². The van der Waals surface area contributed by atoms with E-state index in [1.807, 2.05) is 0 Å². The number of benzene rings is 1. The van der Waals surface area contributed by atoms with Crippen molar-refractivity contribution in [3.8, 4) is 0 Å². The molecular weight excluding hydrogens is 238 g/mol. The number of hydrogen-bond acceptors (Lipinski definition) is 4. The van der Waals surface area contributed by atoms with Crippen LogP contribution in [0.25, 0.3) is 0 Å². The number of anilines is 2. The summed E-state index contributed by atoms with van der Waals surface area (Å²) in [5, 5.41) is 3.53. The fourth-order valence-electron chi connectivity index (χ4n) is 2.92. The molecule has 2 aliphatic rings. The number of ether oxygens (including phenoxy) is 1. The molecule has 104 valence electrons. The van der Waals surface area contributed by atoms with Crippen molar-refractivity contribution >= 4 is 11.4 Å². The largest absolute Gasteiger partial charge is 0.379 e. The lowest BCUT2D eigenvalue weighted by Crippen LogP contribution is -2.45. The quantitative estimate of drug-likeness (QED) is 0.888. The molecule has 1 fully saturated rings. The SMILES string of the molecule is CN1CCN(CCC2COCCN2)c2ccccc21. The first kappa shape index (κ1) is 12.8. The maximum absolute atomic E-state index is 5.52. The summed E-state index contributed by atoms with van der Waals surface area (Å²) in [7, 11) is 2.17. The highest BCUT2D eigenvalue weighted by Crippen LogP contribution is 2.31. The zero-order valence-electron chi connectivity index (χ0n) is 11.6. The zero-order valence-corrected chi connectivity index (χ0v) is 11.6. The summed E-state index contributed by atoms with van der Waals surface area (Å²) >= 11 is 0. The van der Waals surface area contributed by atoms with E-state index >= 15 is 0 Å². The van der Waals surface area contributed by atoms with E-state index in [9.17, 15) is 0 Å². The Morgan fingerprint density at radius 3 is 2.89 bits per heavy atom. The molecule has 0 bridgehead atoms. The van der Waals surface area contributed by atoms with Gasteiger partial charge in [-0.3, -0.25) is 0 Å². The Hall–Kier alpha value is -1.26. The van der Waals surface area contributed by atoms with Gasteiger partial charge in [0.15, 0.2) is 0 Å². The minimum absolute atomic E-state index is 0.514. The molecule has 1 aromatic rings. The van der Waals surface area contributed by atoms with Crippen LogP contribution in [-0.4, -0.2) is 52.5 Å². The average molecular weight is 261 g/mol. The molecule has 4 heteroatoms. The molecule has 1 unspecified atom stereocenters. The first-order valence-electron chi connectivity index (χ1n) is 7.21. The molecule has 1 atom stereocenters. The molecule has 1 aromatic carbocycles. The molecule has 19 heavy (non-hydrogen) atoms. The molecule has 2 aliphatic heterocycles. The second-order valence-corrected chi connectivity index (χ2v) is 5.41. The van der Waals surface area contributed by atoms with E-state index in [0.29, 0.717) is 6.04 Å². The maximum Gasteiger partial charge on any atom is 0.0620 e. The minimum atomic E-state index is 0.514. The summed E-state index contributed by atoms with van der Waals surface area (Å²) in [4.78, 5) is 4.85. The van der Waals surface area contributed by atoms with Gasteiger partial charge in [-0.25, -0.2) is 0 Å². The van der Waals surface area contributed by atoms with Crippen LogP contribution in [0.2, 0.25) is 0 Å². The van der Waals surface area contributed by atoms with Crippen molar-refractivity contribution in [2.24, 2.45) is 0 Å². The van der Waals surface area contributed by atoms with Gasteiger partial charge in [-0.1, -0.05) is 12.1 Å². The topological polar surface area (TPSA) is 27.7 Å². The van der Waals surface area contributed by atoms with Gasteiger partial charge >= 0.3 is 0 Å². The molecule has 1 N–H and O–H groups in total. The highest BCUT2D eigenvalue weighted by Gasteiger charge is 2.21. The van der Waals surface area contributed by atoms with Crippen LogP contribution < -0.4 is 15.1 Å². The van der Waals surface area contributed by atoms with Crippen molar-refractivity contribution in [2.75, 3.05) is 56.2 Å². The molecule has 0 aromatic heterocycles. The highest BCUT2D eigenvalue weighted by molar-refractivity contribution is 5.73. The van der Waals surface area contributed by atoms with Crippen LogP contribution in [-0.2, 0) is 4.74 Å². The van der Waals surface area contributed by atoms with E-state index in [0.717, 1.165) is 45.8 Å². The van der Waals surface area contributed by atoms with Crippen molar-refractivity contribution in [3.05, 3.63) is 24.3 Å². The van der Waals surface area contributed by atoms with Crippen LogP contribution in [0.5, 0.6) is 0 Å². The summed E-state index contributed by atoms with van der Waals surface area (Å²) < 4.78 is 5.52. The number of likely N-dealkylation sites (N-methyl/N-ethyl adjacent to an activating group) is 1. The first-order chi connectivity index (χ1) is 9.34. The van der Waals surface area contributed by atoms with Crippen LogP contribution in [0.15, 0.2) is 24.3 Å². The monoisotopic (exact) mass is 261 g/mol. The lowest BCUT2D eigenvalue weighted by atomic mass is 10.1. The molecule has 2 heterocycles. The fourth-order valence-corrected chi connectivity index (χ4v) is 2.92. The van der Waals surface area contributed by atoms with Gasteiger partial charge < -0.3 is 19.9 Å². The van der Waals surface area contributed by atoms with Crippen molar-refractivity contribution in [2.45, 2.75) is 12.5 Å². The Morgan fingerprint density at radius 1 is 1.26 bits per heavy atom. The Kier molecular flexibility index (Phi) is 3.89. The second kappa shape index (κ2) is 5.80. The molecule has 3 rings (SSSR count). The standard InChI is InChI=1S/C15H23N3O/c1-17-9-10-18(15-5-3-2-4-14(15)17)8-6-13-12-19-11-7-16-13/h2-5,13,16H,6-12H2,1H3. The van der Waals surface area contributed by atoms with Gasteiger partial charge in [0.05, 0.1) is 24.6 Å². The predicted octanol–water partition coefficient (Wildman–Crippen LogP) is 1.32. The third kappa shape index (κ3) is 2.85. The zero-order chi connectivity index (χ0) is 13.1. The lowest BCUT2D eigenvalue weighted by Gasteiger charge is -2.38. The molecule has 0 aliphatic carbocycles. The van der Waals surface area contributed by atoms with Gasteiger partial charge in [0.25, 0.3) is 0 Å². The van der Waals surface area contributed by atoms with Gasteiger partial charge in [0.2, 0.25) is 0 Å². The van der Waals surface area contributed by atoms with Gasteiger partial charge in [-0.15, -0.1) is 0 Å². The van der Waals surface area contributed by atoms with Crippen LogP contribution in [0.1, 0.15) is 6.42 Å². The van der Waals surface area contributed by atoms with Gasteiger partial charge in [0.1, 0.15) is 0 Å². The van der Waals surface area contributed by atoms with Gasteiger partial charge in [-0.05, 0) is 18.6 Å². The third-order valence-electron chi connectivity index (χ3n) is 4.08. The van der Waals surface area contributed by atoms with E-state index < -0.39 is 0 Å². The number of para-hydroxylation sites is 2. The number of nitrogens with one attached hydrogen (secondary N) is 1. The molecular formula is C15H23N3O. The Balaban J connectivity index is 1.64. The minimum Gasteiger partial charge on any atom is -0.379 e.